The smallest absolute Gasteiger partial charge is 0.221 e. The van der Waals surface area contributed by atoms with E-state index in [0.717, 1.165) is 15.0 Å². The molecule has 1 heterocycles. The molecule has 1 atom stereocenters. The highest BCUT2D eigenvalue weighted by molar-refractivity contribution is 7.19. The number of nitrogens with zero attached hydrogens (tertiary/aromatic N) is 1. The number of benzene rings is 1. The molecule has 0 aliphatic rings. The van der Waals surface area contributed by atoms with E-state index in [9.17, 15) is 9.90 Å². The van der Waals surface area contributed by atoms with Crippen LogP contribution in [0.5, 0.6) is 0 Å². The van der Waals surface area contributed by atoms with Crippen molar-refractivity contribution >= 4 is 33.3 Å². The van der Waals surface area contributed by atoms with Gasteiger partial charge in [-0.15, -0.1) is 11.3 Å². The fraction of sp³-hybridized carbons (Fsp3) is 0.444. The summed E-state index contributed by atoms with van der Waals surface area (Å²) in [5, 5.41) is 20.5. The molecule has 1 aromatic heterocycles. The summed E-state index contributed by atoms with van der Waals surface area (Å²) in [5.74, 6) is 0.570. The lowest BCUT2D eigenvalue weighted by Gasteiger charge is -2.15. The quantitative estimate of drug-likeness (QED) is 0.448. The van der Waals surface area contributed by atoms with E-state index in [1.807, 2.05) is 44.2 Å². The number of thiophene rings is 1. The first kappa shape index (κ1) is 19.2. The van der Waals surface area contributed by atoms with Crippen LogP contribution in [-0.4, -0.2) is 43.2 Å². The lowest BCUT2D eigenvalue weighted by atomic mass is 10.2. The van der Waals surface area contributed by atoms with Crippen LogP contribution in [0.2, 0.25) is 0 Å². The van der Waals surface area contributed by atoms with E-state index in [4.69, 9.17) is 0 Å². The molecule has 0 fully saturated rings. The molecule has 1 unspecified atom stereocenters. The number of nitrogens with one attached hydrogen (secondary N) is 3. The molecule has 2 rings (SSSR count). The number of fused-ring (bicyclic) bond motifs is 1. The maximum atomic E-state index is 11.6. The zero-order valence-electron chi connectivity index (χ0n) is 14.9. The summed E-state index contributed by atoms with van der Waals surface area (Å²) in [6.07, 6.45) is -0.238. The van der Waals surface area contributed by atoms with Gasteiger partial charge in [0.15, 0.2) is 5.96 Å². The van der Waals surface area contributed by atoms with Crippen LogP contribution in [0.1, 0.15) is 31.2 Å². The second-order valence-electron chi connectivity index (χ2n) is 6.05. The van der Waals surface area contributed by atoms with Gasteiger partial charge < -0.3 is 21.1 Å². The Morgan fingerprint density at radius 3 is 2.72 bits per heavy atom. The summed E-state index contributed by atoms with van der Waals surface area (Å²) in [5.41, 5.74) is 0. The minimum atomic E-state index is -0.611. The predicted octanol–water partition coefficient (Wildman–Crippen LogP) is 2.01. The Hall–Kier alpha value is -2.12. The van der Waals surface area contributed by atoms with E-state index in [-0.39, 0.29) is 11.9 Å². The molecule has 0 saturated heterocycles. The Morgan fingerprint density at radius 2 is 2.04 bits per heavy atom. The molecule has 4 N–H and O–H groups in total. The van der Waals surface area contributed by atoms with Gasteiger partial charge in [-0.3, -0.25) is 9.79 Å². The highest BCUT2D eigenvalue weighted by Gasteiger charge is 2.12. The van der Waals surface area contributed by atoms with E-state index in [1.54, 1.807) is 18.4 Å². The number of aliphatic hydroxyl groups is 1. The highest BCUT2D eigenvalue weighted by atomic mass is 32.1. The molecule has 1 aromatic carbocycles. The summed E-state index contributed by atoms with van der Waals surface area (Å²) in [7, 11) is 1.66. The largest absolute Gasteiger partial charge is 0.386 e. The zero-order valence-corrected chi connectivity index (χ0v) is 15.7. The molecule has 0 aliphatic carbocycles. The molecular formula is C18H26N4O2S. The summed E-state index contributed by atoms with van der Waals surface area (Å²) in [6.45, 7) is 4.70. The van der Waals surface area contributed by atoms with Crippen LogP contribution >= 0.6 is 11.3 Å². The fourth-order valence-corrected chi connectivity index (χ4v) is 3.42. The van der Waals surface area contributed by atoms with Crippen LogP contribution in [0.4, 0.5) is 0 Å². The van der Waals surface area contributed by atoms with Gasteiger partial charge >= 0.3 is 0 Å². The van der Waals surface area contributed by atoms with Gasteiger partial charge in [0.05, 0.1) is 0 Å². The second-order valence-corrected chi connectivity index (χ2v) is 7.17. The van der Waals surface area contributed by atoms with E-state index < -0.39 is 6.10 Å². The number of guanidine groups is 1. The van der Waals surface area contributed by atoms with Crippen LogP contribution in [0.15, 0.2) is 35.3 Å². The Kier molecular flexibility index (Phi) is 7.21. The van der Waals surface area contributed by atoms with Crippen molar-refractivity contribution in [3.8, 4) is 0 Å². The van der Waals surface area contributed by atoms with Crippen LogP contribution < -0.4 is 16.0 Å². The van der Waals surface area contributed by atoms with Crippen molar-refractivity contribution in [3.63, 3.8) is 0 Å². The average molecular weight is 362 g/mol. The van der Waals surface area contributed by atoms with Crippen molar-refractivity contribution in [2.24, 2.45) is 4.99 Å². The average Bonchev–Trinajstić information content (AvgIpc) is 3.01. The third-order valence-corrected chi connectivity index (χ3v) is 4.77. The van der Waals surface area contributed by atoms with Gasteiger partial charge in [0.25, 0.3) is 0 Å². The third-order valence-electron chi connectivity index (χ3n) is 3.55. The summed E-state index contributed by atoms with van der Waals surface area (Å²) in [6, 6.07) is 10.2. The summed E-state index contributed by atoms with van der Waals surface area (Å²) >= 11 is 1.59. The Balaban J connectivity index is 1.78. The normalized spacial score (nSPS) is 13.1. The van der Waals surface area contributed by atoms with Crippen LogP contribution in [0, 0.1) is 0 Å². The van der Waals surface area contributed by atoms with Crippen molar-refractivity contribution in [2.75, 3.05) is 20.1 Å². The summed E-state index contributed by atoms with van der Waals surface area (Å²) < 4.78 is 1.16. The van der Waals surface area contributed by atoms with E-state index in [2.05, 4.69) is 20.9 Å². The topological polar surface area (TPSA) is 85.8 Å². The number of hydrogen-bond donors (Lipinski definition) is 4. The monoisotopic (exact) mass is 362 g/mol. The van der Waals surface area contributed by atoms with E-state index in [0.29, 0.717) is 25.5 Å². The van der Waals surface area contributed by atoms with Crippen molar-refractivity contribution in [3.05, 3.63) is 35.2 Å². The lowest BCUT2D eigenvalue weighted by Crippen LogP contribution is -2.41. The van der Waals surface area contributed by atoms with Crippen LogP contribution in [-0.2, 0) is 4.79 Å². The molecule has 25 heavy (non-hydrogen) atoms. The standard InChI is InChI=1S/C18H26N4O2S/c1-12(2)22-17(24)8-9-20-18(19-3)21-11-14(23)16-10-13-6-4-5-7-15(13)25-16/h4-7,10,12,14,23H,8-9,11H2,1-3H3,(H,22,24)(H2,19,20,21). The Bertz CT molecular complexity index is 694. The molecule has 7 heteroatoms. The first-order chi connectivity index (χ1) is 12.0. The van der Waals surface area contributed by atoms with E-state index >= 15 is 0 Å². The molecular weight excluding hydrogens is 336 g/mol. The van der Waals surface area contributed by atoms with Gasteiger partial charge in [0, 0.05) is 42.2 Å². The molecule has 0 spiro atoms. The first-order valence-electron chi connectivity index (χ1n) is 8.40. The lowest BCUT2D eigenvalue weighted by molar-refractivity contribution is -0.121. The minimum absolute atomic E-state index is 0.00302. The number of hydrogen-bond acceptors (Lipinski definition) is 4. The fourth-order valence-electron chi connectivity index (χ4n) is 2.37. The van der Waals surface area contributed by atoms with Crippen LogP contribution in [0.25, 0.3) is 10.1 Å². The van der Waals surface area contributed by atoms with Crippen molar-refractivity contribution < 1.29 is 9.90 Å². The van der Waals surface area contributed by atoms with E-state index in [1.165, 1.54) is 0 Å². The van der Waals surface area contributed by atoms with Crippen molar-refractivity contribution in [2.45, 2.75) is 32.4 Å². The molecule has 136 valence electrons. The number of aliphatic imine (C=N–C) groups is 1. The molecule has 0 bridgehead atoms. The van der Waals surface area contributed by atoms with Crippen LogP contribution in [0.3, 0.4) is 0 Å². The van der Waals surface area contributed by atoms with Gasteiger partial charge in [-0.2, -0.15) is 0 Å². The SMILES string of the molecule is CN=C(NCCC(=O)NC(C)C)NCC(O)c1cc2ccccc2s1. The van der Waals surface area contributed by atoms with Gasteiger partial charge in [-0.05, 0) is 31.4 Å². The number of amides is 1. The number of rotatable bonds is 7. The Morgan fingerprint density at radius 1 is 1.28 bits per heavy atom. The molecule has 2 aromatic rings. The highest BCUT2D eigenvalue weighted by Crippen LogP contribution is 2.29. The summed E-state index contributed by atoms with van der Waals surface area (Å²) in [4.78, 5) is 16.6. The van der Waals surface area contributed by atoms with Gasteiger partial charge in [-0.1, -0.05) is 18.2 Å². The molecule has 6 nitrogen and oxygen atoms in total. The first-order valence-corrected chi connectivity index (χ1v) is 9.21. The van der Waals surface area contributed by atoms with Gasteiger partial charge in [0.2, 0.25) is 5.91 Å². The number of aliphatic hydroxyl groups excluding tert-OH is 1. The molecule has 0 saturated carbocycles. The van der Waals surface area contributed by atoms with Crippen molar-refractivity contribution in [1.82, 2.24) is 16.0 Å². The molecule has 0 radical (unpaired) electrons. The maximum Gasteiger partial charge on any atom is 0.221 e. The minimum Gasteiger partial charge on any atom is -0.386 e. The number of carbonyl (C=O) groups excluding carboxylic acids is 1. The predicted molar refractivity (Wildman–Crippen MR) is 104 cm³/mol. The molecule has 1 amide bonds. The molecule has 0 aliphatic heterocycles. The zero-order chi connectivity index (χ0) is 18.2. The van der Waals surface area contributed by atoms with Crippen molar-refractivity contribution in [1.29, 1.82) is 0 Å². The van der Waals surface area contributed by atoms with Gasteiger partial charge in [0.1, 0.15) is 6.10 Å². The maximum absolute atomic E-state index is 11.6. The van der Waals surface area contributed by atoms with Gasteiger partial charge in [-0.25, -0.2) is 0 Å². The Labute approximate surface area is 152 Å². The third kappa shape index (κ3) is 6.03. The second kappa shape index (κ2) is 9.39. The number of carbonyl (C=O) groups is 1.